The van der Waals surface area contributed by atoms with E-state index in [-0.39, 0.29) is 22.0 Å². The van der Waals surface area contributed by atoms with Crippen LogP contribution in [-0.2, 0) is 0 Å². The number of anilines is 3. The molecule has 2 aromatic rings. The Kier molecular flexibility index (Phi) is 4.18. The lowest BCUT2D eigenvalue weighted by molar-refractivity contribution is 0.100. The Labute approximate surface area is 125 Å². The van der Waals surface area contributed by atoms with Crippen molar-refractivity contribution in [1.82, 2.24) is 0 Å². The normalized spacial score (nSPS) is 10.2. The van der Waals surface area contributed by atoms with E-state index >= 15 is 0 Å². The Hall–Kier alpha value is -2.47. The Morgan fingerprint density at radius 3 is 2.67 bits per heavy atom. The van der Waals surface area contributed by atoms with Crippen LogP contribution in [0.25, 0.3) is 0 Å². The van der Waals surface area contributed by atoms with Gasteiger partial charge in [0, 0.05) is 11.8 Å². The van der Waals surface area contributed by atoms with Gasteiger partial charge in [0.1, 0.15) is 11.6 Å². The molecule has 0 aliphatic rings. The maximum atomic E-state index is 13.2. The summed E-state index contributed by atoms with van der Waals surface area (Å²) in [4.78, 5) is 11.5. The number of nitrogens with one attached hydrogen (secondary N) is 1. The summed E-state index contributed by atoms with van der Waals surface area (Å²) in [6, 6.07) is 6.81. The summed E-state index contributed by atoms with van der Waals surface area (Å²) in [5.41, 5.74) is 12.1. The minimum absolute atomic E-state index is 0.131. The Morgan fingerprint density at radius 2 is 2.05 bits per heavy atom. The number of amides is 1. The van der Waals surface area contributed by atoms with E-state index in [0.717, 1.165) is 0 Å². The van der Waals surface area contributed by atoms with Gasteiger partial charge in [-0.1, -0.05) is 11.6 Å². The van der Waals surface area contributed by atoms with Crippen molar-refractivity contribution in [2.45, 2.75) is 0 Å². The molecule has 0 aliphatic heterocycles. The van der Waals surface area contributed by atoms with Crippen LogP contribution >= 0.6 is 11.6 Å². The molecule has 5 nitrogen and oxygen atoms in total. The van der Waals surface area contributed by atoms with E-state index in [1.54, 1.807) is 0 Å². The van der Waals surface area contributed by atoms with E-state index in [0.29, 0.717) is 11.4 Å². The van der Waals surface area contributed by atoms with E-state index < -0.39 is 11.7 Å². The fraction of sp³-hybridized carbons (Fsp3) is 0.0714. The number of hydrogen-bond donors (Lipinski definition) is 3. The van der Waals surface area contributed by atoms with Crippen molar-refractivity contribution in [1.29, 1.82) is 0 Å². The summed E-state index contributed by atoms with van der Waals surface area (Å²) in [5.74, 6) is -0.873. The summed E-state index contributed by atoms with van der Waals surface area (Å²) in [7, 11) is 1.40. The number of rotatable bonds is 4. The molecule has 0 heterocycles. The largest absolute Gasteiger partial charge is 0.494 e. The van der Waals surface area contributed by atoms with Crippen LogP contribution in [0.2, 0.25) is 5.02 Å². The average molecular weight is 310 g/mol. The molecule has 5 N–H and O–H groups in total. The van der Waals surface area contributed by atoms with E-state index in [2.05, 4.69) is 5.32 Å². The monoisotopic (exact) mass is 309 g/mol. The SMILES string of the molecule is COc1cc(F)ccc1Nc1c(Cl)cc(N)cc1C(N)=O. The van der Waals surface area contributed by atoms with E-state index in [1.807, 2.05) is 0 Å². The Morgan fingerprint density at radius 1 is 1.33 bits per heavy atom. The molecule has 7 heteroatoms. The number of nitrogen functional groups attached to an aromatic ring is 1. The first-order chi connectivity index (χ1) is 9.92. The van der Waals surface area contributed by atoms with Crippen LogP contribution in [0.5, 0.6) is 5.75 Å². The van der Waals surface area contributed by atoms with Gasteiger partial charge in [-0.05, 0) is 24.3 Å². The van der Waals surface area contributed by atoms with Gasteiger partial charge < -0.3 is 21.5 Å². The topological polar surface area (TPSA) is 90.4 Å². The second-order valence-corrected chi connectivity index (χ2v) is 4.67. The van der Waals surface area contributed by atoms with Crippen molar-refractivity contribution in [2.75, 3.05) is 18.2 Å². The smallest absolute Gasteiger partial charge is 0.250 e. The maximum Gasteiger partial charge on any atom is 0.250 e. The van der Waals surface area contributed by atoms with Gasteiger partial charge in [0.15, 0.2) is 0 Å². The molecule has 1 amide bonds. The van der Waals surface area contributed by atoms with Gasteiger partial charge in [0.2, 0.25) is 0 Å². The minimum Gasteiger partial charge on any atom is -0.494 e. The standard InChI is InChI=1S/C14H13ClFN3O2/c1-21-12-4-7(16)2-3-11(12)19-13-9(14(18)20)5-8(17)6-10(13)15/h2-6,19H,17H2,1H3,(H2,18,20). The van der Waals surface area contributed by atoms with Gasteiger partial charge in [-0.2, -0.15) is 0 Å². The highest BCUT2D eigenvalue weighted by atomic mass is 35.5. The van der Waals surface area contributed by atoms with Crippen LogP contribution in [0.1, 0.15) is 10.4 Å². The highest BCUT2D eigenvalue weighted by Crippen LogP contribution is 2.35. The number of halogens is 2. The predicted octanol–water partition coefficient (Wildman–Crippen LogP) is 2.91. The highest BCUT2D eigenvalue weighted by Gasteiger charge is 2.15. The average Bonchev–Trinajstić information content (AvgIpc) is 2.42. The minimum atomic E-state index is -0.687. The summed E-state index contributed by atoms with van der Waals surface area (Å²) in [6.45, 7) is 0. The highest BCUT2D eigenvalue weighted by molar-refractivity contribution is 6.34. The molecule has 0 spiro atoms. The number of benzene rings is 2. The molecule has 0 radical (unpaired) electrons. The molecule has 0 unspecified atom stereocenters. The van der Waals surface area contributed by atoms with E-state index in [4.69, 9.17) is 27.8 Å². The number of hydrogen-bond acceptors (Lipinski definition) is 4. The predicted molar refractivity (Wildman–Crippen MR) is 80.6 cm³/mol. The van der Waals surface area contributed by atoms with Gasteiger partial charge in [-0.25, -0.2) is 4.39 Å². The molecule has 2 rings (SSSR count). The van der Waals surface area contributed by atoms with Crippen molar-refractivity contribution >= 4 is 34.6 Å². The maximum absolute atomic E-state index is 13.2. The first-order valence-electron chi connectivity index (χ1n) is 5.91. The lowest BCUT2D eigenvalue weighted by Gasteiger charge is -2.15. The quantitative estimate of drug-likeness (QED) is 0.757. The number of primary amides is 1. The molecule has 0 bridgehead atoms. The van der Waals surface area contributed by atoms with Crippen LogP contribution in [0.15, 0.2) is 30.3 Å². The lowest BCUT2D eigenvalue weighted by Crippen LogP contribution is -2.14. The van der Waals surface area contributed by atoms with Gasteiger partial charge in [-0.3, -0.25) is 4.79 Å². The number of nitrogens with two attached hydrogens (primary N) is 2. The molecule has 0 aromatic heterocycles. The van der Waals surface area contributed by atoms with E-state index in [1.165, 1.54) is 37.4 Å². The number of methoxy groups -OCH3 is 1. The molecule has 0 atom stereocenters. The van der Waals surface area contributed by atoms with Crippen molar-refractivity contribution in [2.24, 2.45) is 5.73 Å². The van der Waals surface area contributed by atoms with Crippen molar-refractivity contribution in [3.05, 3.63) is 46.7 Å². The van der Waals surface area contributed by atoms with Crippen molar-refractivity contribution < 1.29 is 13.9 Å². The number of carbonyl (C=O) groups is 1. The van der Waals surface area contributed by atoms with Crippen LogP contribution < -0.4 is 21.5 Å². The molecular weight excluding hydrogens is 297 g/mol. The first kappa shape index (κ1) is 14.9. The van der Waals surface area contributed by atoms with Crippen LogP contribution in [0.3, 0.4) is 0 Å². The summed E-state index contributed by atoms with van der Waals surface area (Å²) in [6.07, 6.45) is 0. The third-order valence-corrected chi connectivity index (χ3v) is 3.10. The van der Waals surface area contributed by atoms with Gasteiger partial charge in [0.05, 0.1) is 29.1 Å². The van der Waals surface area contributed by atoms with Gasteiger partial charge in [-0.15, -0.1) is 0 Å². The van der Waals surface area contributed by atoms with Gasteiger partial charge in [0.25, 0.3) is 5.91 Å². The Bertz CT molecular complexity index is 707. The third-order valence-electron chi connectivity index (χ3n) is 2.80. The zero-order valence-corrected chi connectivity index (χ0v) is 11.9. The van der Waals surface area contributed by atoms with Crippen LogP contribution in [-0.4, -0.2) is 13.0 Å². The fourth-order valence-electron chi connectivity index (χ4n) is 1.85. The lowest BCUT2D eigenvalue weighted by atomic mass is 10.1. The molecule has 0 saturated heterocycles. The zero-order chi connectivity index (χ0) is 15.6. The molecule has 0 aliphatic carbocycles. The second-order valence-electron chi connectivity index (χ2n) is 4.26. The summed E-state index contributed by atoms with van der Waals surface area (Å²) in [5, 5.41) is 3.13. The molecule has 0 fully saturated rings. The summed E-state index contributed by atoms with van der Waals surface area (Å²) >= 11 is 6.09. The summed E-state index contributed by atoms with van der Waals surface area (Å²) < 4.78 is 18.3. The molecular formula is C14H13ClFN3O2. The van der Waals surface area contributed by atoms with Gasteiger partial charge >= 0.3 is 0 Å². The van der Waals surface area contributed by atoms with Crippen molar-refractivity contribution in [3.8, 4) is 5.75 Å². The molecule has 2 aromatic carbocycles. The first-order valence-corrected chi connectivity index (χ1v) is 6.29. The Balaban J connectivity index is 2.51. The van der Waals surface area contributed by atoms with Crippen molar-refractivity contribution in [3.63, 3.8) is 0 Å². The third kappa shape index (κ3) is 3.17. The molecule has 21 heavy (non-hydrogen) atoms. The second kappa shape index (κ2) is 5.88. The van der Waals surface area contributed by atoms with E-state index in [9.17, 15) is 9.18 Å². The number of ether oxygens (including phenoxy) is 1. The van der Waals surface area contributed by atoms with Crippen LogP contribution in [0.4, 0.5) is 21.5 Å². The fourth-order valence-corrected chi connectivity index (χ4v) is 2.13. The zero-order valence-electron chi connectivity index (χ0n) is 11.1. The van der Waals surface area contributed by atoms with Crippen LogP contribution in [0, 0.1) is 5.82 Å². The molecule has 0 saturated carbocycles. The number of carbonyl (C=O) groups excluding carboxylic acids is 1. The molecule has 110 valence electrons.